The van der Waals surface area contributed by atoms with Crippen molar-refractivity contribution in [1.82, 2.24) is 0 Å². The zero-order valence-corrected chi connectivity index (χ0v) is 16.5. The fourth-order valence-electron chi connectivity index (χ4n) is 3.63. The molecule has 2 aromatic rings. The predicted molar refractivity (Wildman–Crippen MR) is 113 cm³/mol. The first-order chi connectivity index (χ1) is 11.8. The summed E-state index contributed by atoms with van der Waals surface area (Å²) in [5.41, 5.74) is 11.3. The molecule has 0 saturated carbocycles. The summed E-state index contributed by atoms with van der Waals surface area (Å²) in [6.45, 7) is 0.572. The first-order valence-electron chi connectivity index (χ1n) is 8.72. The third-order valence-corrected chi connectivity index (χ3v) is 4.84. The van der Waals surface area contributed by atoms with Gasteiger partial charge in [0.2, 0.25) is 0 Å². The molecule has 0 bridgehead atoms. The maximum atomic E-state index is 6.11. The van der Waals surface area contributed by atoms with Crippen LogP contribution in [0.5, 0.6) is 5.75 Å². The number of guanidine groups is 1. The van der Waals surface area contributed by atoms with Crippen molar-refractivity contribution in [3.63, 3.8) is 0 Å². The normalized spacial score (nSPS) is 18.6. The minimum atomic E-state index is 0. The maximum Gasteiger partial charge on any atom is 0.193 e. The van der Waals surface area contributed by atoms with Crippen LogP contribution < -0.4 is 15.8 Å². The molecule has 132 valence electrons. The SMILES string of the molecule is I.NC(=NCC1Cc2ccccc2O1)Nc1cccc2c1CCCC2. The Kier molecular flexibility index (Phi) is 5.83. The first kappa shape index (κ1) is 18.0. The number of nitrogens with zero attached hydrogens (tertiary/aromatic N) is 1. The predicted octanol–water partition coefficient (Wildman–Crippen LogP) is 3.91. The molecule has 25 heavy (non-hydrogen) atoms. The van der Waals surface area contributed by atoms with Crippen molar-refractivity contribution in [3.05, 3.63) is 59.2 Å². The highest BCUT2D eigenvalue weighted by atomic mass is 127. The van der Waals surface area contributed by atoms with Gasteiger partial charge in [0.15, 0.2) is 5.96 Å². The van der Waals surface area contributed by atoms with E-state index in [0.29, 0.717) is 12.5 Å². The van der Waals surface area contributed by atoms with E-state index >= 15 is 0 Å². The molecule has 0 spiro atoms. The molecular formula is C20H24IN3O. The van der Waals surface area contributed by atoms with Gasteiger partial charge in [0, 0.05) is 12.1 Å². The molecule has 1 heterocycles. The van der Waals surface area contributed by atoms with Crippen LogP contribution in [0.4, 0.5) is 5.69 Å². The van der Waals surface area contributed by atoms with E-state index in [1.165, 1.54) is 29.5 Å². The van der Waals surface area contributed by atoms with Crippen LogP contribution in [0.15, 0.2) is 47.5 Å². The molecule has 1 aliphatic heterocycles. The molecule has 0 fully saturated rings. The van der Waals surface area contributed by atoms with Crippen molar-refractivity contribution in [2.45, 2.75) is 38.2 Å². The van der Waals surface area contributed by atoms with Crippen molar-refractivity contribution in [2.24, 2.45) is 10.7 Å². The van der Waals surface area contributed by atoms with Gasteiger partial charge in [-0.3, -0.25) is 0 Å². The van der Waals surface area contributed by atoms with E-state index in [-0.39, 0.29) is 30.1 Å². The molecule has 0 aromatic heterocycles. The molecule has 4 nitrogen and oxygen atoms in total. The Bertz CT molecular complexity index is 750. The lowest BCUT2D eigenvalue weighted by molar-refractivity contribution is 0.242. The summed E-state index contributed by atoms with van der Waals surface area (Å²) in [5, 5.41) is 3.29. The molecule has 1 aliphatic carbocycles. The van der Waals surface area contributed by atoms with E-state index in [2.05, 4.69) is 34.6 Å². The standard InChI is InChI=1S/C20H23N3O.HI/c21-20(22-13-16-12-15-7-2-4-11-19(15)24-16)23-18-10-5-8-14-6-1-3-9-17(14)18;/h2,4-5,7-8,10-11,16H,1,3,6,9,12-13H2,(H3,21,22,23);1H. The van der Waals surface area contributed by atoms with Crippen LogP contribution in [0.3, 0.4) is 0 Å². The van der Waals surface area contributed by atoms with E-state index in [1.54, 1.807) is 0 Å². The number of aliphatic imine (C=N–C) groups is 1. The Balaban J connectivity index is 0.00000182. The third kappa shape index (κ3) is 4.08. The van der Waals surface area contributed by atoms with Gasteiger partial charge in [0.25, 0.3) is 0 Å². The van der Waals surface area contributed by atoms with Gasteiger partial charge in [0.1, 0.15) is 11.9 Å². The monoisotopic (exact) mass is 449 g/mol. The molecule has 0 radical (unpaired) electrons. The highest BCUT2D eigenvalue weighted by Crippen LogP contribution is 2.29. The maximum absolute atomic E-state index is 6.11. The number of para-hydroxylation sites is 1. The molecular weight excluding hydrogens is 425 g/mol. The topological polar surface area (TPSA) is 59.6 Å². The summed E-state index contributed by atoms with van der Waals surface area (Å²) >= 11 is 0. The minimum Gasteiger partial charge on any atom is -0.488 e. The molecule has 4 rings (SSSR count). The molecule has 1 atom stereocenters. The average Bonchev–Trinajstić information content (AvgIpc) is 3.03. The zero-order valence-electron chi connectivity index (χ0n) is 14.2. The second-order valence-electron chi connectivity index (χ2n) is 6.55. The quantitative estimate of drug-likeness (QED) is 0.425. The number of halogens is 1. The number of aryl methyl sites for hydroxylation is 1. The zero-order chi connectivity index (χ0) is 16.4. The van der Waals surface area contributed by atoms with Gasteiger partial charge in [-0.15, -0.1) is 24.0 Å². The van der Waals surface area contributed by atoms with Crippen molar-refractivity contribution in [3.8, 4) is 5.75 Å². The lowest BCUT2D eigenvalue weighted by atomic mass is 9.90. The second kappa shape index (κ2) is 8.08. The van der Waals surface area contributed by atoms with Gasteiger partial charge >= 0.3 is 0 Å². The van der Waals surface area contributed by atoms with Crippen LogP contribution in [0.1, 0.15) is 29.5 Å². The third-order valence-electron chi connectivity index (χ3n) is 4.84. The molecule has 2 aromatic carbocycles. The van der Waals surface area contributed by atoms with E-state index in [9.17, 15) is 0 Å². The molecule has 0 saturated heterocycles. The molecule has 2 aliphatic rings. The number of benzene rings is 2. The van der Waals surface area contributed by atoms with E-state index in [1.807, 2.05) is 18.2 Å². The van der Waals surface area contributed by atoms with Gasteiger partial charge in [-0.2, -0.15) is 0 Å². The van der Waals surface area contributed by atoms with E-state index < -0.39 is 0 Å². The number of hydrogen-bond donors (Lipinski definition) is 2. The summed E-state index contributed by atoms with van der Waals surface area (Å²) in [6.07, 6.45) is 5.78. The number of rotatable bonds is 3. The van der Waals surface area contributed by atoms with Gasteiger partial charge in [-0.05, 0) is 54.5 Å². The number of ether oxygens (including phenoxy) is 1. The smallest absolute Gasteiger partial charge is 0.193 e. The van der Waals surface area contributed by atoms with Crippen molar-refractivity contribution < 1.29 is 4.74 Å². The van der Waals surface area contributed by atoms with Crippen LogP contribution >= 0.6 is 24.0 Å². The Morgan fingerprint density at radius 1 is 1.08 bits per heavy atom. The molecule has 3 N–H and O–H groups in total. The van der Waals surface area contributed by atoms with Crippen LogP contribution in [0.2, 0.25) is 0 Å². The van der Waals surface area contributed by atoms with Crippen molar-refractivity contribution >= 4 is 35.6 Å². The lowest BCUT2D eigenvalue weighted by Crippen LogP contribution is -2.27. The summed E-state index contributed by atoms with van der Waals surface area (Å²) < 4.78 is 5.91. The minimum absolute atomic E-state index is 0. The van der Waals surface area contributed by atoms with Crippen LogP contribution in [-0.4, -0.2) is 18.6 Å². The Morgan fingerprint density at radius 3 is 2.76 bits per heavy atom. The molecule has 0 amide bonds. The number of hydrogen-bond acceptors (Lipinski definition) is 2. The number of anilines is 1. The van der Waals surface area contributed by atoms with Gasteiger partial charge < -0.3 is 15.8 Å². The van der Waals surface area contributed by atoms with E-state index in [0.717, 1.165) is 30.7 Å². The number of nitrogens with one attached hydrogen (secondary N) is 1. The van der Waals surface area contributed by atoms with Crippen molar-refractivity contribution in [2.75, 3.05) is 11.9 Å². The van der Waals surface area contributed by atoms with Gasteiger partial charge in [-0.25, -0.2) is 4.99 Å². The summed E-state index contributed by atoms with van der Waals surface area (Å²) in [6, 6.07) is 14.6. The highest BCUT2D eigenvalue weighted by molar-refractivity contribution is 14.0. The fraction of sp³-hybridized carbons (Fsp3) is 0.350. The summed E-state index contributed by atoms with van der Waals surface area (Å²) in [4.78, 5) is 4.49. The van der Waals surface area contributed by atoms with Gasteiger partial charge in [-0.1, -0.05) is 30.3 Å². The van der Waals surface area contributed by atoms with Gasteiger partial charge in [0.05, 0.1) is 6.54 Å². The number of fused-ring (bicyclic) bond motifs is 2. The Hall–Kier alpha value is -1.76. The van der Waals surface area contributed by atoms with Crippen LogP contribution in [0, 0.1) is 0 Å². The van der Waals surface area contributed by atoms with Crippen LogP contribution in [-0.2, 0) is 19.3 Å². The summed E-state index contributed by atoms with van der Waals surface area (Å²) in [5.74, 6) is 1.44. The Morgan fingerprint density at radius 2 is 1.88 bits per heavy atom. The average molecular weight is 449 g/mol. The number of nitrogens with two attached hydrogens (primary N) is 1. The molecule has 5 heteroatoms. The Labute approximate surface area is 165 Å². The fourth-order valence-corrected chi connectivity index (χ4v) is 3.63. The van der Waals surface area contributed by atoms with E-state index in [4.69, 9.17) is 10.5 Å². The lowest BCUT2D eigenvalue weighted by Gasteiger charge is -2.20. The first-order valence-corrected chi connectivity index (χ1v) is 8.72. The van der Waals surface area contributed by atoms with Crippen LogP contribution in [0.25, 0.3) is 0 Å². The van der Waals surface area contributed by atoms with Crippen molar-refractivity contribution in [1.29, 1.82) is 0 Å². The highest BCUT2D eigenvalue weighted by Gasteiger charge is 2.22. The second-order valence-corrected chi connectivity index (χ2v) is 6.55. The largest absolute Gasteiger partial charge is 0.488 e. The molecule has 1 unspecified atom stereocenters. The summed E-state index contributed by atoms with van der Waals surface area (Å²) in [7, 11) is 0.